The number of benzene rings is 1. The zero-order valence-corrected chi connectivity index (χ0v) is 23.6. The van der Waals surface area contributed by atoms with Crippen LogP contribution in [0.5, 0.6) is 0 Å². The molecule has 0 saturated carbocycles. The Morgan fingerprint density at radius 1 is 1.10 bits per heavy atom. The first kappa shape index (κ1) is 28.3. The molecule has 214 valence electrons. The molecule has 0 aliphatic carbocycles. The maximum Gasteiger partial charge on any atom is 0.290 e. The zero-order valence-electron chi connectivity index (χ0n) is 22.8. The highest BCUT2D eigenvalue weighted by molar-refractivity contribution is 6.30. The number of hydrogen-bond donors (Lipinski definition) is 2. The molecule has 40 heavy (non-hydrogen) atoms. The summed E-state index contributed by atoms with van der Waals surface area (Å²) in [6.45, 7) is 6.15. The van der Waals surface area contributed by atoms with E-state index in [1.54, 1.807) is 6.33 Å². The van der Waals surface area contributed by atoms with Crippen molar-refractivity contribution in [1.82, 2.24) is 29.7 Å². The van der Waals surface area contributed by atoms with Crippen molar-refractivity contribution in [2.24, 2.45) is 11.8 Å². The molecule has 2 saturated heterocycles. The first-order valence-electron chi connectivity index (χ1n) is 14.3. The van der Waals surface area contributed by atoms with Gasteiger partial charge in [0.15, 0.2) is 17.0 Å². The van der Waals surface area contributed by atoms with E-state index >= 15 is 0 Å². The number of carbonyl (C=O) groups excluding carboxylic acids is 1. The number of imidazole rings is 1. The quantitative estimate of drug-likeness (QED) is 0.433. The number of likely N-dealkylation sites (tertiary alicyclic amines) is 1. The number of nitrogens with zero attached hydrogens (tertiary/aromatic N) is 6. The molecule has 6 rings (SSSR count). The number of fused-ring (bicyclic) bond motifs is 3. The van der Waals surface area contributed by atoms with Crippen molar-refractivity contribution in [3.63, 3.8) is 0 Å². The lowest BCUT2D eigenvalue weighted by Gasteiger charge is -2.34. The van der Waals surface area contributed by atoms with Crippen LogP contribution < -0.4 is 10.2 Å². The molecule has 5 heterocycles. The summed E-state index contributed by atoms with van der Waals surface area (Å²) in [4.78, 5) is 40.4. The summed E-state index contributed by atoms with van der Waals surface area (Å²) >= 11 is 6.14. The van der Waals surface area contributed by atoms with Crippen LogP contribution in [0.1, 0.15) is 49.9 Å². The summed E-state index contributed by atoms with van der Waals surface area (Å²) in [5.41, 5.74) is 3.09. The van der Waals surface area contributed by atoms with Gasteiger partial charge in [-0.05, 0) is 75.2 Å². The Bertz CT molecular complexity index is 1310. The highest BCUT2D eigenvalue weighted by Gasteiger charge is 2.30. The minimum Gasteiger partial charge on any atom is -0.483 e. The standard InChI is InChI=1S/C28H36ClN7O.CH2O2/c29-23-7-3-5-21(15-23)17-34-13-9-20(10-14-34)16-30-28(37)22-6-4-11-35(18-22)26-25-27(32-19-31-26)36-12-2-1-8-24(36)33-25;2-1-3/h3,5,7,15,19-20,22H,1-2,4,6,8-14,16-18H2,(H,30,37);1H,(H,2,3)/t22-;/m0./s1. The second-order valence-electron chi connectivity index (χ2n) is 11.0. The van der Waals surface area contributed by atoms with Crippen molar-refractivity contribution in [2.75, 3.05) is 37.6 Å². The Balaban J connectivity index is 0.00000103. The molecular weight excluding hydrogens is 530 g/mol. The molecular formula is C29H38ClN7O3. The predicted molar refractivity (Wildman–Crippen MR) is 154 cm³/mol. The highest BCUT2D eigenvalue weighted by atomic mass is 35.5. The van der Waals surface area contributed by atoms with Crippen LogP contribution in [0, 0.1) is 11.8 Å². The third kappa shape index (κ3) is 6.72. The Morgan fingerprint density at radius 3 is 2.73 bits per heavy atom. The van der Waals surface area contributed by atoms with Gasteiger partial charge in [0, 0.05) is 44.2 Å². The molecule has 2 N–H and O–H groups in total. The molecule has 0 radical (unpaired) electrons. The normalized spacial score (nSPS) is 19.9. The number of carboxylic acid groups (broad SMARTS) is 1. The van der Waals surface area contributed by atoms with Crippen LogP contribution in [-0.4, -0.2) is 74.6 Å². The van der Waals surface area contributed by atoms with Gasteiger partial charge in [-0.2, -0.15) is 0 Å². The molecule has 10 nitrogen and oxygen atoms in total. The number of carbonyl (C=O) groups is 2. The monoisotopic (exact) mass is 567 g/mol. The largest absolute Gasteiger partial charge is 0.483 e. The maximum absolute atomic E-state index is 13.2. The molecule has 1 aromatic carbocycles. The summed E-state index contributed by atoms with van der Waals surface area (Å²) in [6.07, 6.45) is 9.14. The maximum atomic E-state index is 13.2. The molecule has 3 aromatic rings. The van der Waals surface area contributed by atoms with Crippen molar-refractivity contribution >= 4 is 41.0 Å². The SMILES string of the molecule is O=C(NCC1CCN(Cc2cccc(Cl)c2)CC1)[C@H]1CCCN(c2ncnc3c2nc2n3CCCC2)C1.O=CO. The van der Waals surface area contributed by atoms with Crippen LogP contribution in [0.2, 0.25) is 5.02 Å². The van der Waals surface area contributed by atoms with Crippen molar-refractivity contribution in [1.29, 1.82) is 0 Å². The number of hydrogen-bond acceptors (Lipinski definition) is 7. The van der Waals surface area contributed by atoms with Crippen molar-refractivity contribution in [3.05, 3.63) is 47.0 Å². The van der Waals surface area contributed by atoms with E-state index in [1.807, 2.05) is 12.1 Å². The number of aromatic nitrogens is 4. The molecule has 2 aromatic heterocycles. The van der Waals surface area contributed by atoms with Gasteiger partial charge in [-0.25, -0.2) is 15.0 Å². The summed E-state index contributed by atoms with van der Waals surface area (Å²) < 4.78 is 2.25. The van der Waals surface area contributed by atoms with Crippen LogP contribution in [-0.2, 0) is 29.1 Å². The third-order valence-corrected chi connectivity index (χ3v) is 8.52. The summed E-state index contributed by atoms with van der Waals surface area (Å²) in [5.74, 6) is 2.71. The van der Waals surface area contributed by atoms with E-state index < -0.39 is 0 Å². The highest BCUT2D eigenvalue weighted by Crippen LogP contribution is 2.30. The van der Waals surface area contributed by atoms with Gasteiger partial charge < -0.3 is 19.9 Å². The molecule has 2 fully saturated rings. The summed E-state index contributed by atoms with van der Waals surface area (Å²) in [7, 11) is 0. The van der Waals surface area contributed by atoms with E-state index in [9.17, 15) is 4.79 Å². The van der Waals surface area contributed by atoms with Gasteiger partial charge in [0.2, 0.25) is 5.91 Å². The molecule has 1 amide bonds. The lowest BCUT2D eigenvalue weighted by molar-refractivity contribution is -0.125. The van der Waals surface area contributed by atoms with Gasteiger partial charge >= 0.3 is 0 Å². The fourth-order valence-corrected chi connectivity index (χ4v) is 6.41. The van der Waals surface area contributed by atoms with Crippen LogP contribution in [0.3, 0.4) is 0 Å². The minimum absolute atomic E-state index is 0.0149. The summed E-state index contributed by atoms with van der Waals surface area (Å²) in [5, 5.41) is 11.0. The average molecular weight is 568 g/mol. The van der Waals surface area contributed by atoms with Gasteiger partial charge in [0.1, 0.15) is 12.2 Å². The number of nitrogens with one attached hydrogen (secondary N) is 1. The van der Waals surface area contributed by atoms with Crippen LogP contribution in [0.4, 0.5) is 5.82 Å². The van der Waals surface area contributed by atoms with E-state index in [2.05, 4.69) is 41.8 Å². The Labute approximate surface area is 239 Å². The lowest BCUT2D eigenvalue weighted by Crippen LogP contribution is -2.45. The predicted octanol–water partition coefficient (Wildman–Crippen LogP) is 3.76. The average Bonchev–Trinajstić information content (AvgIpc) is 3.36. The molecule has 0 bridgehead atoms. The van der Waals surface area contributed by atoms with Crippen molar-refractivity contribution in [3.8, 4) is 0 Å². The van der Waals surface area contributed by atoms with Gasteiger partial charge in [0.25, 0.3) is 6.47 Å². The second kappa shape index (κ2) is 13.4. The Hall–Kier alpha value is -3.24. The van der Waals surface area contributed by atoms with Crippen molar-refractivity contribution < 1.29 is 14.7 Å². The van der Waals surface area contributed by atoms with Crippen LogP contribution >= 0.6 is 11.6 Å². The molecule has 0 unspecified atom stereocenters. The lowest BCUT2D eigenvalue weighted by atomic mass is 9.94. The Morgan fingerprint density at radius 2 is 1.93 bits per heavy atom. The molecule has 0 spiro atoms. The molecule has 1 atom stereocenters. The van der Waals surface area contributed by atoms with E-state index in [0.29, 0.717) is 12.5 Å². The van der Waals surface area contributed by atoms with Gasteiger partial charge in [-0.1, -0.05) is 23.7 Å². The topological polar surface area (TPSA) is 116 Å². The second-order valence-corrected chi connectivity index (χ2v) is 11.4. The van der Waals surface area contributed by atoms with E-state index in [0.717, 1.165) is 99.2 Å². The fraction of sp³-hybridized carbons (Fsp3) is 0.552. The van der Waals surface area contributed by atoms with Gasteiger partial charge in [-0.3, -0.25) is 14.5 Å². The molecule has 11 heteroatoms. The fourth-order valence-electron chi connectivity index (χ4n) is 6.19. The first-order valence-corrected chi connectivity index (χ1v) is 14.7. The van der Waals surface area contributed by atoms with Crippen LogP contribution in [0.25, 0.3) is 11.2 Å². The molecule has 3 aliphatic rings. The van der Waals surface area contributed by atoms with Crippen LogP contribution in [0.15, 0.2) is 30.6 Å². The summed E-state index contributed by atoms with van der Waals surface area (Å²) in [6, 6.07) is 8.13. The molecule has 3 aliphatic heterocycles. The number of piperidine rings is 2. The third-order valence-electron chi connectivity index (χ3n) is 8.28. The van der Waals surface area contributed by atoms with E-state index in [4.69, 9.17) is 26.5 Å². The number of aryl methyl sites for hydroxylation is 2. The Kier molecular flexibility index (Phi) is 9.49. The minimum atomic E-state index is -0.250. The number of anilines is 1. The van der Waals surface area contributed by atoms with Gasteiger partial charge in [0.05, 0.1) is 5.92 Å². The zero-order chi connectivity index (χ0) is 27.9. The first-order chi connectivity index (χ1) is 19.6. The van der Waals surface area contributed by atoms with Crippen molar-refractivity contribution in [2.45, 2.75) is 58.0 Å². The van der Waals surface area contributed by atoms with E-state index in [1.165, 1.54) is 18.4 Å². The number of halogens is 1. The number of rotatable bonds is 6. The number of amides is 1. The van der Waals surface area contributed by atoms with E-state index in [-0.39, 0.29) is 18.3 Å². The van der Waals surface area contributed by atoms with Gasteiger partial charge in [-0.15, -0.1) is 0 Å². The smallest absolute Gasteiger partial charge is 0.290 e.